The molecule has 0 aliphatic rings. The van der Waals surface area contributed by atoms with E-state index in [0.717, 1.165) is 10.4 Å². The van der Waals surface area contributed by atoms with Crippen molar-refractivity contribution in [3.63, 3.8) is 0 Å². The zero-order chi connectivity index (χ0) is 21.0. The van der Waals surface area contributed by atoms with Crippen LogP contribution >= 0.6 is 11.3 Å². The summed E-state index contributed by atoms with van der Waals surface area (Å²) in [6, 6.07) is 7.38. The minimum absolute atomic E-state index is 0.128. The third kappa shape index (κ3) is 4.16. The number of nitrogens with zero attached hydrogens (tertiary/aromatic N) is 2. The van der Waals surface area contributed by atoms with E-state index in [1.807, 2.05) is 20.8 Å². The molecule has 3 rings (SSSR count). The molecule has 1 N–H and O–H groups in total. The van der Waals surface area contributed by atoms with E-state index in [-0.39, 0.29) is 23.6 Å². The highest BCUT2D eigenvalue weighted by molar-refractivity contribution is 7.18. The van der Waals surface area contributed by atoms with Gasteiger partial charge >= 0.3 is 0 Å². The van der Waals surface area contributed by atoms with Gasteiger partial charge in [0.2, 0.25) is 0 Å². The van der Waals surface area contributed by atoms with Gasteiger partial charge in [-0.15, -0.1) is 17.8 Å². The van der Waals surface area contributed by atoms with Gasteiger partial charge in [-0.2, -0.15) is 5.26 Å². The third-order valence-corrected chi connectivity index (χ3v) is 5.41. The molecule has 7 heteroatoms. The van der Waals surface area contributed by atoms with Crippen LogP contribution in [0.2, 0.25) is 0 Å². The second kappa shape index (κ2) is 8.64. The zero-order valence-corrected chi connectivity index (χ0v) is 17.1. The maximum atomic E-state index is 12.5. The van der Waals surface area contributed by atoms with Gasteiger partial charge in [0.15, 0.2) is 17.3 Å². The molecular formula is C22H19N3O3S. The van der Waals surface area contributed by atoms with E-state index in [4.69, 9.17) is 15.9 Å². The Hall–Kier alpha value is -3.55. The summed E-state index contributed by atoms with van der Waals surface area (Å²) in [6.45, 7) is 6.28. The fourth-order valence-corrected chi connectivity index (χ4v) is 3.85. The molecule has 146 valence electrons. The molecule has 3 aromatic rings. The van der Waals surface area contributed by atoms with Crippen LogP contribution in [-0.4, -0.2) is 23.2 Å². The van der Waals surface area contributed by atoms with E-state index in [2.05, 4.69) is 22.0 Å². The largest absolute Gasteiger partial charge is 0.490 e. The lowest BCUT2D eigenvalue weighted by Gasteiger charge is -2.11. The van der Waals surface area contributed by atoms with Crippen LogP contribution in [0.3, 0.4) is 0 Å². The number of fused-ring (bicyclic) bond motifs is 1. The predicted molar refractivity (Wildman–Crippen MR) is 115 cm³/mol. The van der Waals surface area contributed by atoms with Crippen LogP contribution in [0.4, 0.5) is 0 Å². The highest BCUT2D eigenvalue weighted by atomic mass is 32.1. The van der Waals surface area contributed by atoms with E-state index in [9.17, 15) is 10.1 Å². The molecule has 0 atom stereocenters. The smallest absolute Gasteiger partial charge is 0.260 e. The van der Waals surface area contributed by atoms with Crippen molar-refractivity contribution >= 4 is 33.2 Å². The number of H-pyrrole nitrogens is 1. The van der Waals surface area contributed by atoms with Crippen molar-refractivity contribution < 1.29 is 9.47 Å². The van der Waals surface area contributed by atoms with Crippen molar-refractivity contribution in [3.05, 3.63) is 50.4 Å². The molecule has 0 unspecified atom stereocenters. The van der Waals surface area contributed by atoms with Crippen LogP contribution in [0.15, 0.2) is 23.0 Å². The molecule has 0 saturated carbocycles. The molecule has 1 aromatic carbocycles. The summed E-state index contributed by atoms with van der Waals surface area (Å²) in [7, 11) is 0. The molecule has 6 nitrogen and oxygen atoms in total. The van der Waals surface area contributed by atoms with Crippen molar-refractivity contribution in [2.24, 2.45) is 0 Å². The third-order valence-electron chi connectivity index (χ3n) is 4.30. The summed E-state index contributed by atoms with van der Waals surface area (Å²) in [5.74, 6) is 3.70. The predicted octanol–water partition coefficient (Wildman–Crippen LogP) is 4.08. The Kier molecular flexibility index (Phi) is 6.01. The Morgan fingerprint density at radius 1 is 1.34 bits per heavy atom. The summed E-state index contributed by atoms with van der Waals surface area (Å²) in [4.78, 5) is 21.4. The van der Waals surface area contributed by atoms with Crippen LogP contribution in [0.25, 0.3) is 21.9 Å². The van der Waals surface area contributed by atoms with Crippen molar-refractivity contribution in [1.82, 2.24) is 9.97 Å². The molecule has 0 aliphatic heterocycles. The van der Waals surface area contributed by atoms with Crippen molar-refractivity contribution in [2.75, 3.05) is 13.2 Å². The molecule has 0 fully saturated rings. The minimum atomic E-state index is -0.249. The molecule has 0 amide bonds. The quantitative estimate of drug-likeness (QED) is 0.493. The maximum absolute atomic E-state index is 12.5. The Morgan fingerprint density at radius 3 is 2.83 bits per heavy atom. The van der Waals surface area contributed by atoms with Gasteiger partial charge in [0.25, 0.3) is 5.56 Å². The van der Waals surface area contributed by atoms with Gasteiger partial charge in [0, 0.05) is 4.88 Å². The number of nitrogens with one attached hydrogen (secondary N) is 1. The second-order valence-corrected chi connectivity index (χ2v) is 7.38. The number of aromatic amines is 1. The summed E-state index contributed by atoms with van der Waals surface area (Å²) in [6.07, 6.45) is 6.89. The maximum Gasteiger partial charge on any atom is 0.260 e. The molecule has 0 spiro atoms. The lowest BCUT2D eigenvalue weighted by atomic mass is 10.1. The van der Waals surface area contributed by atoms with E-state index in [0.29, 0.717) is 33.9 Å². The number of nitriles is 1. The molecule has 0 saturated heterocycles. The number of rotatable bonds is 6. The monoisotopic (exact) mass is 405 g/mol. The molecular weight excluding hydrogens is 386 g/mol. The lowest BCUT2D eigenvalue weighted by molar-refractivity contribution is 0.299. The Labute approximate surface area is 172 Å². The average molecular weight is 405 g/mol. The van der Waals surface area contributed by atoms with Gasteiger partial charge in [-0.05, 0) is 50.1 Å². The van der Waals surface area contributed by atoms with Gasteiger partial charge in [0.1, 0.15) is 17.5 Å². The molecule has 0 aliphatic carbocycles. The first kappa shape index (κ1) is 20.2. The van der Waals surface area contributed by atoms with Crippen LogP contribution in [-0.2, 0) is 0 Å². The number of thiophene rings is 1. The number of hydrogen-bond donors (Lipinski definition) is 1. The van der Waals surface area contributed by atoms with Gasteiger partial charge < -0.3 is 14.5 Å². The fourth-order valence-electron chi connectivity index (χ4n) is 2.82. The van der Waals surface area contributed by atoms with Crippen molar-refractivity contribution in [1.29, 1.82) is 5.26 Å². The van der Waals surface area contributed by atoms with E-state index >= 15 is 0 Å². The number of aromatic nitrogens is 2. The summed E-state index contributed by atoms with van der Waals surface area (Å²) >= 11 is 1.44. The highest BCUT2D eigenvalue weighted by Gasteiger charge is 2.14. The lowest BCUT2D eigenvalue weighted by Crippen LogP contribution is -2.10. The first-order valence-electron chi connectivity index (χ1n) is 8.93. The van der Waals surface area contributed by atoms with Crippen LogP contribution < -0.4 is 15.0 Å². The summed E-state index contributed by atoms with van der Waals surface area (Å²) < 4.78 is 11.1. The molecule has 0 radical (unpaired) electrons. The van der Waals surface area contributed by atoms with E-state index in [1.165, 1.54) is 11.3 Å². The van der Waals surface area contributed by atoms with Gasteiger partial charge in [-0.3, -0.25) is 4.79 Å². The normalized spacial score (nSPS) is 11.1. The Morgan fingerprint density at radius 2 is 2.14 bits per heavy atom. The standard InChI is InChI=1S/C22H19N3O3S/c1-5-9-28-17-8-7-15(11-18(17)27-6-2)10-16(12-23)20-24-21(26)19-13(3)14(4)29-22(19)25-20/h1,7-8,10-11H,6,9H2,2-4H3,(H,24,25,26)/b16-10+. The average Bonchev–Trinajstić information content (AvgIpc) is 2.99. The molecule has 0 bridgehead atoms. The Bertz CT molecular complexity index is 1240. The number of hydrogen-bond acceptors (Lipinski definition) is 6. The highest BCUT2D eigenvalue weighted by Crippen LogP contribution is 2.30. The number of aryl methyl sites for hydroxylation is 2. The zero-order valence-electron chi connectivity index (χ0n) is 16.3. The fraction of sp³-hybridized carbons (Fsp3) is 0.227. The minimum Gasteiger partial charge on any atom is -0.490 e. The summed E-state index contributed by atoms with van der Waals surface area (Å²) in [5, 5.41) is 10.2. The van der Waals surface area contributed by atoms with Crippen LogP contribution in [0, 0.1) is 37.5 Å². The van der Waals surface area contributed by atoms with Crippen molar-refractivity contribution in [2.45, 2.75) is 20.8 Å². The van der Waals surface area contributed by atoms with Gasteiger partial charge in [-0.25, -0.2) is 4.98 Å². The van der Waals surface area contributed by atoms with E-state index < -0.39 is 0 Å². The van der Waals surface area contributed by atoms with E-state index in [1.54, 1.807) is 24.3 Å². The van der Waals surface area contributed by atoms with Crippen molar-refractivity contribution in [3.8, 4) is 29.9 Å². The topological polar surface area (TPSA) is 88.0 Å². The molecule has 2 heterocycles. The number of ether oxygens (including phenoxy) is 2. The summed E-state index contributed by atoms with van der Waals surface area (Å²) in [5.41, 5.74) is 1.62. The van der Waals surface area contributed by atoms with Gasteiger partial charge in [0.05, 0.1) is 17.6 Å². The Balaban J connectivity index is 2.05. The number of terminal acetylenes is 1. The van der Waals surface area contributed by atoms with Crippen LogP contribution in [0.1, 0.15) is 28.8 Å². The van der Waals surface area contributed by atoms with Crippen LogP contribution in [0.5, 0.6) is 11.5 Å². The molecule has 29 heavy (non-hydrogen) atoms. The number of allylic oxidation sites excluding steroid dienone is 1. The first-order valence-corrected chi connectivity index (χ1v) is 9.75. The first-order chi connectivity index (χ1) is 14.0. The second-order valence-electron chi connectivity index (χ2n) is 6.18. The molecule has 2 aromatic heterocycles. The SMILES string of the molecule is C#CCOc1ccc(/C=C(\C#N)c2nc3sc(C)c(C)c3c(=O)[nH]2)cc1OCC. The number of benzene rings is 1. The van der Waals surface area contributed by atoms with Gasteiger partial charge in [-0.1, -0.05) is 12.0 Å².